The summed E-state index contributed by atoms with van der Waals surface area (Å²) < 4.78 is 2.11. The highest BCUT2D eigenvalue weighted by Gasteiger charge is 2.27. The van der Waals surface area contributed by atoms with Gasteiger partial charge < -0.3 is 15.0 Å². The Morgan fingerprint density at radius 1 is 1.44 bits per heavy atom. The van der Waals surface area contributed by atoms with Crippen LogP contribution in [0.3, 0.4) is 0 Å². The fourth-order valence-corrected chi connectivity index (χ4v) is 2.54. The minimum Gasteiger partial charge on any atom is -0.465 e. The van der Waals surface area contributed by atoms with Crippen molar-refractivity contribution in [2.75, 3.05) is 6.54 Å². The number of nitrogens with one attached hydrogen (secondary N) is 1. The molecule has 5 heteroatoms. The zero-order valence-corrected chi connectivity index (χ0v) is 9.71. The fourth-order valence-electron chi connectivity index (χ4n) is 2.54. The molecule has 1 atom stereocenters. The molecule has 0 aliphatic carbocycles. The summed E-state index contributed by atoms with van der Waals surface area (Å²) in [5, 5.41) is 11.0. The van der Waals surface area contributed by atoms with Crippen molar-refractivity contribution in [3.63, 3.8) is 0 Å². The third-order valence-electron chi connectivity index (χ3n) is 3.29. The number of fused-ring (bicyclic) bond motifs is 3. The molecule has 3 rings (SSSR count). The molecule has 1 aromatic heterocycles. The fraction of sp³-hybridized carbons (Fsp3) is 0.231. The highest BCUT2D eigenvalue weighted by atomic mass is 16.4. The molecule has 0 saturated heterocycles. The van der Waals surface area contributed by atoms with E-state index < -0.39 is 6.09 Å². The lowest BCUT2D eigenvalue weighted by molar-refractivity contribution is 0.194. The van der Waals surface area contributed by atoms with Gasteiger partial charge in [-0.15, -0.1) is 0 Å². The highest BCUT2D eigenvalue weighted by molar-refractivity contribution is 5.69. The lowest BCUT2D eigenvalue weighted by Gasteiger charge is -2.14. The summed E-state index contributed by atoms with van der Waals surface area (Å²) in [5.41, 5.74) is 3.53. The predicted molar refractivity (Wildman–Crippen MR) is 66.4 cm³/mol. The van der Waals surface area contributed by atoms with Crippen LogP contribution in [0.2, 0.25) is 0 Å². The zero-order valence-electron chi connectivity index (χ0n) is 9.71. The standard InChI is InChI=1S/C13H13N3O2/c17-13(18)15-6-5-11-9-3-1-2-4-10(9)12-7-14-8-16(11)12/h1-4,7-8,11,15H,5-6H2,(H,17,18). The molecule has 0 bridgehead atoms. The monoisotopic (exact) mass is 243 g/mol. The van der Waals surface area contributed by atoms with E-state index in [0.29, 0.717) is 6.54 Å². The van der Waals surface area contributed by atoms with Crippen LogP contribution in [0.25, 0.3) is 11.3 Å². The number of rotatable bonds is 3. The molecular formula is C13H13N3O2. The van der Waals surface area contributed by atoms with Crippen LogP contribution in [0, 0.1) is 0 Å². The minimum absolute atomic E-state index is 0.172. The van der Waals surface area contributed by atoms with Crippen LogP contribution in [-0.2, 0) is 0 Å². The van der Waals surface area contributed by atoms with E-state index in [-0.39, 0.29) is 6.04 Å². The molecule has 1 aliphatic heterocycles. The van der Waals surface area contributed by atoms with E-state index in [0.717, 1.165) is 12.1 Å². The molecule has 1 unspecified atom stereocenters. The second-order valence-electron chi connectivity index (χ2n) is 4.31. The van der Waals surface area contributed by atoms with Gasteiger partial charge in [0, 0.05) is 12.1 Å². The number of carboxylic acid groups (broad SMARTS) is 1. The van der Waals surface area contributed by atoms with E-state index in [1.807, 2.05) is 18.3 Å². The lowest BCUT2D eigenvalue weighted by atomic mass is 10.0. The Bertz CT molecular complexity index is 591. The van der Waals surface area contributed by atoms with Crippen LogP contribution < -0.4 is 5.32 Å². The van der Waals surface area contributed by atoms with Crippen molar-refractivity contribution in [2.45, 2.75) is 12.5 Å². The van der Waals surface area contributed by atoms with E-state index in [9.17, 15) is 4.79 Å². The SMILES string of the molecule is O=C(O)NCCC1c2ccccc2-c2cncn21. The van der Waals surface area contributed by atoms with Gasteiger partial charge in [-0.1, -0.05) is 24.3 Å². The van der Waals surface area contributed by atoms with Gasteiger partial charge in [0.05, 0.1) is 24.3 Å². The molecule has 2 heterocycles. The zero-order chi connectivity index (χ0) is 12.5. The Hall–Kier alpha value is -2.30. The van der Waals surface area contributed by atoms with Gasteiger partial charge >= 0.3 is 6.09 Å². The molecule has 0 saturated carbocycles. The maximum Gasteiger partial charge on any atom is 0.404 e. The van der Waals surface area contributed by atoms with Crippen molar-refractivity contribution >= 4 is 6.09 Å². The maximum absolute atomic E-state index is 10.5. The number of hydrogen-bond donors (Lipinski definition) is 2. The number of benzene rings is 1. The maximum atomic E-state index is 10.5. The molecule has 0 radical (unpaired) electrons. The summed E-state index contributed by atoms with van der Waals surface area (Å²) in [6, 6.07) is 8.36. The van der Waals surface area contributed by atoms with E-state index >= 15 is 0 Å². The molecule has 0 fully saturated rings. The summed E-state index contributed by atoms with van der Waals surface area (Å²) in [6.45, 7) is 0.436. The summed E-state index contributed by atoms with van der Waals surface area (Å²) in [6.07, 6.45) is 3.41. The number of carbonyl (C=O) groups is 1. The van der Waals surface area contributed by atoms with E-state index in [1.165, 1.54) is 11.1 Å². The average Bonchev–Trinajstić information content (AvgIpc) is 2.92. The first-order valence-corrected chi connectivity index (χ1v) is 5.85. The first kappa shape index (κ1) is 10.8. The van der Waals surface area contributed by atoms with Gasteiger partial charge in [0.25, 0.3) is 0 Å². The Balaban J connectivity index is 1.89. The highest BCUT2D eigenvalue weighted by Crippen LogP contribution is 2.40. The largest absolute Gasteiger partial charge is 0.465 e. The smallest absolute Gasteiger partial charge is 0.404 e. The lowest BCUT2D eigenvalue weighted by Crippen LogP contribution is -2.24. The van der Waals surface area contributed by atoms with Crippen LogP contribution in [0.4, 0.5) is 4.79 Å². The molecule has 1 aromatic carbocycles. The average molecular weight is 243 g/mol. The van der Waals surface area contributed by atoms with Crippen molar-refractivity contribution in [2.24, 2.45) is 0 Å². The Kier molecular flexibility index (Phi) is 2.51. The second-order valence-corrected chi connectivity index (χ2v) is 4.31. The van der Waals surface area contributed by atoms with Gasteiger partial charge in [-0.05, 0) is 12.0 Å². The molecule has 1 aliphatic rings. The third-order valence-corrected chi connectivity index (χ3v) is 3.29. The summed E-state index contributed by atoms with van der Waals surface area (Å²) in [5.74, 6) is 0. The topological polar surface area (TPSA) is 67.2 Å². The number of nitrogens with zero attached hydrogens (tertiary/aromatic N) is 2. The van der Waals surface area contributed by atoms with Crippen LogP contribution in [0.15, 0.2) is 36.8 Å². The molecule has 2 aromatic rings. The molecule has 1 amide bonds. The van der Waals surface area contributed by atoms with Gasteiger partial charge in [0.2, 0.25) is 0 Å². The minimum atomic E-state index is -0.980. The number of aromatic nitrogens is 2. The molecule has 18 heavy (non-hydrogen) atoms. The van der Waals surface area contributed by atoms with Gasteiger partial charge in [-0.25, -0.2) is 9.78 Å². The van der Waals surface area contributed by atoms with Gasteiger partial charge in [-0.3, -0.25) is 0 Å². The second kappa shape index (κ2) is 4.18. The van der Waals surface area contributed by atoms with Crippen molar-refractivity contribution in [1.29, 1.82) is 0 Å². The van der Waals surface area contributed by atoms with E-state index in [2.05, 4.69) is 27.0 Å². The summed E-state index contributed by atoms with van der Waals surface area (Å²) in [7, 11) is 0. The Morgan fingerprint density at radius 2 is 2.28 bits per heavy atom. The first-order valence-electron chi connectivity index (χ1n) is 5.85. The summed E-state index contributed by atoms with van der Waals surface area (Å²) in [4.78, 5) is 14.6. The van der Waals surface area contributed by atoms with E-state index in [4.69, 9.17) is 5.11 Å². The predicted octanol–water partition coefficient (Wildman–Crippen LogP) is 2.11. The Morgan fingerprint density at radius 3 is 3.11 bits per heavy atom. The van der Waals surface area contributed by atoms with Crippen LogP contribution in [0.5, 0.6) is 0 Å². The van der Waals surface area contributed by atoms with Crippen molar-refractivity contribution < 1.29 is 9.90 Å². The molecular weight excluding hydrogens is 230 g/mol. The quantitative estimate of drug-likeness (QED) is 0.867. The molecule has 5 nitrogen and oxygen atoms in total. The normalized spacial score (nSPS) is 16.1. The van der Waals surface area contributed by atoms with Crippen molar-refractivity contribution in [3.05, 3.63) is 42.4 Å². The van der Waals surface area contributed by atoms with Crippen LogP contribution in [-0.4, -0.2) is 27.3 Å². The molecule has 0 spiro atoms. The third kappa shape index (κ3) is 1.64. The van der Waals surface area contributed by atoms with Crippen LogP contribution >= 0.6 is 0 Å². The number of imidazole rings is 1. The Labute approximate surface area is 104 Å². The molecule has 92 valence electrons. The van der Waals surface area contributed by atoms with Crippen LogP contribution in [0.1, 0.15) is 18.0 Å². The van der Waals surface area contributed by atoms with Gasteiger partial charge in [0.15, 0.2) is 0 Å². The first-order chi connectivity index (χ1) is 8.77. The van der Waals surface area contributed by atoms with Gasteiger partial charge in [-0.2, -0.15) is 0 Å². The summed E-state index contributed by atoms with van der Waals surface area (Å²) >= 11 is 0. The van der Waals surface area contributed by atoms with Crippen molar-refractivity contribution in [3.8, 4) is 11.3 Å². The van der Waals surface area contributed by atoms with Crippen molar-refractivity contribution in [1.82, 2.24) is 14.9 Å². The number of amides is 1. The van der Waals surface area contributed by atoms with Gasteiger partial charge in [0.1, 0.15) is 0 Å². The van der Waals surface area contributed by atoms with E-state index in [1.54, 1.807) is 6.33 Å². The molecule has 2 N–H and O–H groups in total. The number of hydrogen-bond acceptors (Lipinski definition) is 2.